The summed E-state index contributed by atoms with van der Waals surface area (Å²) in [5, 5.41) is 0. The van der Waals surface area contributed by atoms with Gasteiger partial charge in [-0.15, -0.1) is 13.3 Å². The van der Waals surface area contributed by atoms with Gasteiger partial charge >= 0.3 is 51.4 Å². The summed E-state index contributed by atoms with van der Waals surface area (Å²) in [5.74, 6) is 0. The van der Waals surface area contributed by atoms with Crippen molar-refractivity contribution in [3.05, 3.63) is 23.3 Å². The van der Waals surface area contributed by atoms with Crippen molar-refractivity contribution < 1.29 is 51.4 Å². The van der Waals surface area contributed by atoms with Crippen molar-refractivity contribution >= 4 is 0 Å². The molecule has 0 radical (unpaired) electrons. The smallest absolute Gasteiger partial charge is 0.252 e. The molecule has 0 N–H and O–H groups in total. The number of allylic oxidation sites excluding steroid dienone is 4. The molecule has 0 atom stereocenters. The first-order chi connectivity index (χ1) is 4.16. The summed E-state index contributed by atoms with van der Waals surface area (Å²) in [6.07, 6.45) is 6.33. The van der Waals surface area contributed by atoms with Crippen molar-refractivity contribution in [1.29, 1.82) is 0 Å². The first kappa shape index (κ1) is 13.7. The second-order valence-electron chi connectivity index (χ2n) is 2.49. The topological polar surface area (TPSA) is 0 Å². The molecule has 0 aliphatic rings. The molecule has 0 aliphatic carbocycles. The molecule has 0 saturated heterocycles. The summed E-state index contributed by atoms with van der Waals surface area (Å²) < 4.78 is 0. The predicted molar refractivity (Wildman–Crippen MR) is 42.2 cm³/mol. The van der Waals surface area contributed by atoms with E-state index in [2.05, 4.69) is 39.8 Å². The van der Waals surface area contributed by atoms with Gasteiger partial charge < -0.3 is 0 Å². The first-order valence-electron chi connectivity index (χ1n) is 3.39. The molecule has 0 unspecified atom stereocenters. The predicted octanol–water partition coefficient (Wildman–Crippen LogP) is 0.116. The van der Waals surface area contributed by atoms with Gasteiger partial charge in [0.05, 0.1) is 0 Å². The van der Waals surface area contributed by atoms with Crippen molar-refractivity contribution in [2.45, 2.75) is 34.1 Å². The molecule has 0 saturated carbocycles. The Morgan fingerprint density at radius 1 is 1.30 bits per heavy atom. The van der Waals surface area contributed by atoms with E-state index in [0.717, 1.165) is 6.42 Å². The fraction of sp³-hybridized carbons (Fsp3) is 0.556. The third-order valence-corrected chi connectivity index (χ3v) is 1.16. The van der Waals surface area contributed by atoms with Crippen LogP contribution in [0.2, 0.25) is 0 Å². The van der Waals surface area contributed by atoms with Crippen molar-refractivity contribution in [1.82, 2.24) is 0 Å². The monoisotopic (exact) mass is 162 g/mol. The van der Waals surface area contributed by atoms with Crippen molar-refractivity contribution in [2.24, 2.45) is 0 Å². The molecule has 0 rings (SSSR count). The minimum atomic E-state index is 0. The van der Waals surface area contributed by atoms with Crippen LogP contribution in [0.25, 0.3) is 0 Å². The molecule has 0 heterocycles. The van der Waals surface area contributed by atoms with Gasteiger partial charge in [-0.2, -0.15) is 5.57 Å². The largest absolute Gasteiger partial charge is 1.00 e. The molecule has 0 aromatic rings. The van der Waals surface area contributed by atoms with Crippen molar-refractivity contribution in [3.63, 3.8) is 0 Å². The first-order valence-corrected chi connectivity index (χ1v) is 3.39. The molecule has 52 valence electrons. The molecule has 1 heteroatoms. The van der Waals surface area contributed by atoms with Crippen molar-refractivity contribution in [3.8, 4) is 0 Å². The molecule has 0 spiro atoms. The van der Waals surface area contributed by atoms with Crippen LogP contribution in [-0.2, 0) is 0 Å². The van der Waals surface area contributed by atoms with E-state index >= 15 is 0 Å². The standard InChI is InChI=1S/C9H15.K/c1-5-9(4)7-6-8(2)3;/h7H,5H2,1-4H3;/q-1;+1/b9-7-;. The molecule has 0 aromatic heterocycles. The third-order valence-electron chi connectivity index (χ3n) is 1.16. The molecule has 0 bridgehead atoms. The van der Waals surface area contributed by atoms with Crippen LogP contribution in [0.15, 0.2) is 17.2 Å². The van der Waals surface area contributed by atoms with Gasteiger partial charge in [0, 0.05) is 0 Å². The molecule has 0 aliphatic heterocycles. The Kier molecular flexibility index (Phi) is 11.2. The van der Waals surface area contributed by atoms with Crippen LogP contribution in [-0.4, -0.2) is 0 Å². The Morgan fingerprint density at radius 3 is 2.10 bits per heavy atom. The van der Waals surface area contributed by atoms with Crippen molar-refractivity contribution in [2.75, 3.05) is 0 Å². The number of rotatable bonds is 2. The van der Waals surface area contributed by atoms with Crippen LogP contribution in [0, 0.1) is 6.08 Å². The second-order valence-corrected chi connectivity index (χ2v) is 2.49. The van der Waals surface area contributed by atoms with E-state index in [1.54, 1.807) is 0 Å². The minimum Gasteiger partial charge on any atom is -0.252 e. The summed E-state index contributed by atoms with van der Waals surface area (Å²) in [6, 6.07) is 0. The van der Waals surface area contributed by atoms with Crippen LogP contribution >= 0.6 is 0 Å². The number of hydrogen-bond acceptors (Lipinski definition) is 0. The Labute approximate surface area is 107 Å². The van der Waals surface area contributed by atoms with E-state index in [9.17, 15) is 0 Å². The summed E-state index contributed by atoms with van der Waals surface area (Å²) >= 11 is 0. The number of hydrogen-bond donors (Lipinski definition) is 0. The summed E-state index contributed by atoms with van der Waals surface area (Å²) in [7, 11) is 0. The van der Waals surface area contributed by atoms with Gasteiger partial charge in [0.25, 0.3) is 0 Å². The summed E-state index contributed by atoms with van der Waals surface area (Å²) in [5.41, 5.74) is 2.62. The van der Waals surface area contributed by atoms with Gasteiger partial charge in [-0.05, 0) is 0 Å². The zero-order valence-electron chi connectivity index (χ0n) is 7.78. The molecule has 0 aromatic carbocycles. The van der Waals surface area contributed by atoms with E-state index in [0.29, 0.717) is 0 Å². The Balaban J connectivity index is 0. The van der Waals surface area contributed by atoms with E-state index in [1.807, 2.05) is 0 Å². The maximum Gasteiger partial charge on any atom is 1.00 e. The maximum absolute atomic E-state index is 3.15. The zero-order valence-corrected chi connectivity index (χ0v) is 10.9. The van der Waals surface area contributed by atoms with Gasteiger partial charge in [-0.3, -0.25) is 6.08 Å². The normalized spacial score (nSPS) is 10.2. The quantitative estimate of drug-likeness (QED) is 0.307. The summed E-state index contributed by atoms with van der Waals surface area (Å²) in [4.78, 5) is 0. The Hall–Kier alpha value is 1.12. The van der Waals surface area contributed by atoms with Crippen LogP contribution in [0.3, 0.4) is 0 Å². The average Bonchev–Trinajstić information content (AvgIpc) is 1.83. The van der Waals surface area contributed by atoms with E-state index in [-0.39, 0.29) is 51.4 Å². The van der Waals surface area contributed by atoms with Gasteiger partial charge in [0.1, 0.15) is 0 Å². The zero-order chi connectivity index (χ0) is 7.28. The molecular formula is C9H15K. The van der Waals surface area contributed by atoms with Crippen LogP contribution in [0.5, 0.6) is 0 Å². The Bertz CT molecular complexity index is 128. The fourth-order valence-electron chi connectivity index (χ4n) is 0.370. The van der Waals surface area contributed by atoms with E-state index < -0.39 is 0 Å². The molecule has 10 heavy (non-hydrogen) atoms. The van der Waals surface area contributed by atoms with Crippen LogP contribution < -0.4 is 51.4 Å². The van der Waals surface area contributed by atoms with Gasteiger partial charge in [0.15, 0.2) is 0 Å². The van der Waals surface area contributed by atoms with E-state index in [1.165, 1.54) is 11.1 Å². The summed E-state index contributed by atoms with van der Waals surface area (Å²) in [6.45, 7) is 8.38. The van der Waals surface area contributed by atoms with Crippen LogP contribution in [0.4, 0.5) is 0 Å². The second kappa shape index (κ2) is 8.22. The van der Waals surface area contributed by atoms with Gasteiger partial charge in [-0.25, -0.2) is 11.6 Å². The van der Waals surface area contributed by atoms with E-state index in [4.69, 9.17) is 0 Å². The molecular weight excluding hydrogens is 147 g/mol. The maximum atomic E-state index is 3.15. The SMILES string of the molecule is CC/C(C)=C\[C-]=C(C)C.[K+]. The van der Waals surface area contributed by atoms with Gasteiger partial charge in [0.2, 0.25) is 0 Å². The van der Waals surface area contributed by atoms with Gasteiger partial charge in [-0.1, -0.05) is 20.8 Å². The minimum absolute atomic E-state index is 0. The fourth-order valence-corrected chi connectivity index (χ4v) is 0.370. The molecule has 0 amide bonds. The third kappa shape index (κ3) is 9.12. The van der Waals surface area contributed by atoms with Crippen LogP contribution in [0.1, 0.15) is 34.1 Å². The average molecular weight is 162 g/mol. The Morgan fingerprint density at radius 2 is 1.80 bits per heavy atom. The molecule has 0 nitrogen and oxygen atoms in total. The molecule has 0 fully saturated rings.